The molecule has 0 unspecified atom stereocenters. The van der Waals surface area contributed by atoms with E-state index in [9.17, 15) is 8.42 Å². The smallest absolute Gasteiger partial charge is 0.264 e. The Labute approximate surface area is 131 Å². The fourth-order valence-electron chi connectivity index (χ4n) is 1.71. The predicted molar refractivity (Wildman–Crippen MR) is 85.6 cm³/mol. The molecule has 106 valence electrons. The van der Waals surface area contributed by atoms with Crippen LogP contribution in [0.25, 0.3) is 0 Å². The summed E-state index contributed by atoms with van der Waals surface area (Å²) in [4.78, 5) is 0.0139. The molecule has 0 fully saturated rings. The average molecular weight is 376 g/mol. The molecular weight excluding hydrogens is 364 g/mol. The number of hydrogen-bond acceptors (Lipinski definition) is 3. The molecule has 3 N–H and O–H groups in total. The third-order valence-electron chi connectivity index (χ3n) is 2.72. The molecule has 7 heteroatoms. The van der Waals surface area contributed by atoms with Gasteiger partial charge < -0.3 is 5.73 Å². The summed E-state index contributed by atoms with van der Waals surface area (Å²) < 4.78 is 27.9. The first-order valence-corrected chi connectivity index (χ1v) is 8.29. The second-order valence-corrected chi connectivity index (χ2v) is 7.19. The van der Waals surface area contributed by atoms with Crippen molar-refractivity contribution in [2.45, 2.75) is 11.8 Å². The highest BCUT2D eigenvalue weighted by molar-refractivity contribution is 9.10. The van der Waals surface area contributed by atoms with Gasteiger partial charge in [0.25, 0.3) is 10.0 Å². The summed E-state index contributed by atoms with van der Waals surface area (Å²) in [6, 6.07) is 9.74. The number of halogens is 2. The van der Waals surface area contributed by atoms with Gasteiger partial charge in [-0.2, -0.15) is 0 Å². The Morgan fingerprint density at radius 2 is 1.95 bits per heavy atom. The highest BCUT2D eigenvalue weighted by atomic mass is 79.9. The molecule has 0 aromatic heterocycles. The second-order valence-electron chi connectivity index (χ2n) is 4.22. The zero-order chi connectivity index (χ0) is 14.9. The third kappa shape index (κ3) is 3.08. The van der Waals surface area contributed by atoms with Crippen LogP contribution < -0.4 is 10.5 Å². The van der Waals surface area contributed by atoms with Gasteiger partial charge in [-0.3, -0.25) is 4.72 Å². The standard InChI is InChI=1S/C13H12BrClN2O2S/c1-8-3-2-4-10(15)13(8)17-20(18,19)12-6-5-9(14)7-11(12)16/h2-7,17H,16H2,1H3. The summed E-state index contributed by atoms with van der Waals surface area (Å²) in [6.07, 6.45) is 0. The van der Waals surface area contributed by atoms with Crippen molar-refractivity contribution in [3.63, 3.8) is 0 Å². The van der Waals surface area contributed by atoms with Gasteiger partial charge in [0.15, 0.2) is 0 Å². The van der Waals surface area contributed by atoms with Crippen molar-refractivity contribution in [3.8, 4) is 0 Å². The highest BCUT2D eigenvalue weighted by Gasteiger charge is 2.19. The van der Waals surface area contributed by atoms with E-state index in [-0.39, 0.29) is 10.6 Å². The molecule has 0 aliphatic carbocycles. The van der Waals surface area contributed by atoms with Gasteiger partial charge in [-0.1, -0.05) is 39.7 Å². The molecular formula is C13H12BrClN2O2S. The molecule has 2 rings (SSSR count). The first kappa shape index (κ1) is 15.2. The molecule has 0 saturated heterocycles. The van der Waals surface area contributed by atoms with Crippen molar-refractivity contribution in [3.05, 3.63) is 51.5 Å². The Kier molecular flexibility index (Phi) is 4.27. The minimum absolute atomic E-state index is 0.0139. The van der Waals surface area contributed by atoms with Crippen LogP contribution in [-0.2, 0) is 10.0 Å². The number of hydrogen-bond donors (Lipinski definition) is 2. The number of sulfonamides is 1. The summed E-state index contributed by atoms with van der Waals surface area (Å²) in [7, 11) is -3.79. The van der Waals surface area contributed by atoms with Crippen LogP contribution in [0.3, 0.4) is 0 Å². The molecule has 0 aliphatic heterocycles. The van der Waals surface area contributed by atoms with Crippen LogP contribution in [0.2, 0.25) is 5.02 Å². The minimum Gasteiger partial charge on any atom is -0.398 e. The number of nitrogens with one attached hydrogen (secondary N) is 1. The molecule has 0 aliphatic rings. The molecule has 0 bridgehead atoms. The van der Waals surface area contributed by atoms with Gasteiger partial charge >= 0.3 is 0 Å². The van der Waals surface area contributed by atoms with E-state index in [1.807, 2.05) is 0 Å². The lowest BCUT2D eigenvalue weighted by molar-refractivity contribution is 0.601. The summed E-state index contributed by atoms with van der Waals surface area (Å²) in [5.74, 6) is 0. The van der Waals surface area contributed by atoms with Crippen LogP contribution in [-0.4, -0.2) is 8.42 Å². The van der Waals surface area contributed by atoms with Gasteiger partial charge in [-0.15, -0.1) is 0 Å². The number of para-hydroxylation sites is 1. The Morgan fingerprint density at radius 3 is 2.55 bits per heavy atom. The number of nitrogen functional groups attached to an aromatic ring is 1. The van der Waals surface area contributed by atoms with E-state index in [0.29, 0.717) is 15.2 Å². The Morgan fingerprint density at radius 1 is 1.25 bits per heavy atom. The van der Waals surface area contributed by atoms with Gasteiger partial charge in [0.05, 0.1) is 16.4 Å². The number of anilines is 2. The second kappa shape index (κ2) is 5.63. The van der Waals surface area contributed by atoms with Crippen molar-refractivity contribution in [2.24, 2.45) is 0 Å². The molecule has 0 radical (unpaired) electrons. The lowest BCUT2D eigenvalue weighted by Gasteiger charge is -2.13. The largest absolute Gasteiger partial charge is 0.398 e. The lowest BCUT2D eigenvalue weighted by atomic mass is 10.2. The monoisotopic (exact) mass is 374 g/mol. The maximum atomic E-state index is 12.4. The van der Waals surface area contributed by atoms with E-state index in [0.717, 1.165) is 5.56 Å². The average Bonchev–Trinajstić information content (AvgIpc) is 2.33. The Bertz CT molecular complexity index is 743. The minimum atomic E-state index is -3.79. The number of benzene rings is 2. The molecule has 0 heterocycles. The topological polar surface area (TPSA) is 72.2 Å². The van der Waals surface area contributed by atoms with Crippen molar-refractivity contribution in [1.82, 2.24) is 0 Å². The van der Waals surface area contributed by atoms with E-state index >= 15 is 0 Å². The summed E-state index contributed by atoms with van der Waals surface area (Å²) in [5.41, 5.74) is 7.01. The van der Waals surface area contributed by atoms with Crippen molar-refractivity contribution in [2.75, 3.05) is 10.5 Å². The van der Waals surface area contributed by atoms with E-state index in [1.54, 1.807) is 31.2 Å². The Balaban J connectivity index is 2.46. The van der Waals surface area contributed by atoms with Gasteiger partial charge in [-0.05, 0) is 36.8 Å². The normalized spacial score (nSPS) is 11.3. The van der Waals surface area contributed by atoms with Crippen LogP contribution in [0.1, 0.15) is 5.56 Å². The highest BCUT2D eigenvalue weighted by Crippen LogP contribution is 2.30. The first-order chi connectivity index (χ1) is 9.31. The zero-order valence-electron chi connectivity index (χ0n) is 10.5. The lowest BCUT2D eigenvalue weighted by Crippen LogP contribution is -2.15. The third-order valence-corrected chi connectivity index (χ3v) is 4.95. The van der Waals surface area contributed by atoms with Crippen LogP contribution in [0.4, 0.5) is 11.4 Å². The Hall–Kier alpha value is -1.24. The number of rotatable bonds is 3. The maximum absolute atomic E-state index is 12.4. The summed E-state index contributed by atoms with van der Waals surface area (Å²) >= 11 is 9.26. The maximum Gasteiger partial charge on any atom is 0.264 e. The van der Waals surface area contributed by atoms with Gasteiger partial charge in [0.2, 0.25) is 0 Å². The molecule has 2 aromatic rings. The fourth-order valence-corrected chi connectivity index (χ4v) is 3.68. The van der Waals surface area contributed by atoms with Crippen molar-refractivity contribution >= 4 is 48.9 Å². The van der Waals surface area contributed by atoms with E-state index in [2.05, 4.69) is 20.7 Å². The van der Waals surface area contributed by atoms with Crippen LogP contribution in [0, 0.1) is 6.92 Å². The molecule has 2 aromatic carbocycles. The van der Waals surface area contributed by atoms with E-state index < -0.39 is 10.0 Å². The van der Waals surface area contributed by atoms with E-state index in [1.165, 1.54) is 12.1 Å². The molecule has 0 saturated carbocycles. The summed E-state index contributed by atoms with van der Waals surface area (Å²) in [5, 5.41) is 0.337. The van der Waals surface area contributed by atoms with Crippen LogP contribution in [0.15, 0.2) is 45.8 Å². The molecule has 0 spiro atoms. The molecule has 0 amide bonds. The number of nitrogens with two attached hydrogens (primary N) is 1. The summed E-state index contributed by atoms with van der Waals surface area (Å²) in [6.45, 7) is 1.77. The number of aryl methyl sites for hydroxylation is 1. The van der Waals surface area contributed by atoms with Crippen molar-refractivity contribution in [1.29, 1.82) is 0 Å². The quantitative estimate of drug-likeness (QED) is 0.802. The van der Waals surface area contributed by atoms with E-state index in [4.69, 9.17) is 17.3 Å². The van der Waals surface area contributed by atoms with Crippen LogP contribution >= 0.6 is 27.5 Å². The zero-order valence-corrected chi connectivity index (χ0v) is 13.7. The predicted octanol–water partition coefficient (Wildman–Crippen LogP) is 3.79. The van der Waals surface area contributed by atoms with Gasteiger partial charge in [0, 0.05) is 4.47 Å². The fraction of sp³-hybridized carbons (Fsp3) is 0.0769. The van der Waals surface area contributed by atoms with Crippen molar-refractivity contribution < 1.29 is 8.42 Å². The molecule has 4 nitrogen and oxygen atoms in total. The first-order valence-electron chi connectivity index (χ1n) is 5.64. The SMILES string of the molecule is Cc1cccc(Cl)c1NS(=O)(=O)c1ccc(Br)cc1N. The van der Waals surface area contributed by atoms with Gasteiger partial charge in [0.1, 0.15) is 4.90 Å². The van der Waals surface area contributed by atoms with Gasteiger partial charge in [-0.25, -0.2) is 8.42 Å². The molecule has 20 heavy (non-hydrogen) atoms. The van der Waals surface area contributed by atoms with Crippen LogP contribution in [0.5, 0.6) is 0 Å². The molecule has 0 atom stereocenters.